The van der Waals surface area contributed by atoms with Crippen LogP contribution in [0, 0.1) is 0 Å². The Balaban J connectivity index is 1.85. The molecular formula is C16H20N2O3S. The first-order valence-corrected chi connectivity index (χ1v) is 8.52. The van der Waals surface area contributed by atoms with E-state index in [2.05, 4.69) is 5.32 Å². The molecule has 2 aliphatic heterocycles. The van der Waals surface area contributed by atoms with E-state index in [-0.39, 0.29) is 24.0 Å². The van der Waals surface area contributed by atoms with Crippen LogP contribution in [0.25, 0.3) is 0 Å². The van der Waals surface area contributed by atoms with Crippen molar-refractivity contribution < 1.29 is 14.3 Å². The van der Waals surface area contributed by atoms with E-state index >= 15 is 0 Å². The summed E-state index contributed by atoms with van der Waals surface area (Å²) in [6.45, 7) is 5.12. The molecule has 1 N–H and O–H groups in total. The molecule has 0 aromatic heterocycles. The predicted octanol–water partition coefficient (Wildman–Crippen LogP) is 2.37. The third kappa shape index (κ3) is 3.13. The van der Waals surface area contributed by atoms with E-state index in [0.717, 1.165) is 16.3 Å². The molecule has 2 heterocycles. The Morgan fingerprint density at radius 2 is 2.23 bits per heavy atom. The van der Waals surface area contributed by atoms with Gasteiger partial charge >= 0.3 is 0 Å². The maximum atomic E-state index is 12.8. The van der Waals surface area contributed by atoms with E-state index in [1.54, 1.807) is 17.8 Å². The minimum absolute atomic E-state index is 0.00390. The van der Waals surface area contributed by atoms with Gasteiger partial charge in [-0.05, 0) is 32.0 Å². The number of carbonyl (C=O) groups is 2. The van der Waals surface area contributed by atoms with E-state index in [0.29, 0.717) is 25.1 Å². The highest BCUT2D eigenvalue weighted by Gasteiger charge is 2.28. The molecule has 2 aliphatic rings. The van der Waals surface area contributed by atoms with E-state index in [9.17, 15) is 9.59 Å². The molecule has 2 atom stereocenters. The van der Waals surface area contributed by atoms with Crippen molar-refractivity contribution in [3.63, 3.8) is 0 Å². The van der Waals surface area contributed by atoms with E-state index < -0.39 is 0 Å². The van der Waals surface area contributed by atoms with Crippen molar-refractivity contribution in [1.29, 1.82) is 0 Å². The van der Waals surface area contributed by atoms with Gasteiger partial charge in [-0.15, -0.1) is 11.8 Å². The zero-order chi connectivity index (χ0) is 15.7. The number of hydrogen-bond acceptors (Lipinski definition) is 4. The highest BCUT2D eigenvalue weighted by atomic mass is 32.2. The molecule has 6 heteroatoms. The molecule has 3 rings (SSSR count). The van der Waals surface area contributed by atoms with Crippen LogP contribution >= 0.6 is 11.8 Å². The zero-order valence-electron chi connectivity index (χ0n) is 12.8. The van der Waals surface area contributed by atoms with Crippen molar-refractivity contribution in [2.45, 2.75) is 37.3 Å². The van der Waals surface area contributed by atoms with Gasteiger partial charge < -0.3 is 15.0 Å². The van der Waals surface area contributed by atoms with Crippen molar-refractivity contribution in [3.8, 4) is 0 Å². The summed E-state index contributed by atoms with van der Waals surface area (Å²) < 4.78 is 5.57. The number of nitrogens with zero attached hydrogens (tertiary/aromatic N) is 1. The van der Waals surface area contributed by atoms with E-state index in [4.69, 9.17) is 4.74 Å². The fraction of sp³-hybridized carbons (Fsp3) is 0.500. The lowest BCUT2D eigenvalue weighted by atomic mass is 10.1. The summed E-state index contributed by atoms with van der Waals surface area (Å²) in [6.07, 6.45) is 0.553. The molecule has 0 unspecified atom stereocenters. The molecule has 22 heavy (non-hydrogen) atoms. The molecule has 5 nitrogen and oxygen atoms in total. The summed E-state index contributed by atoms with van der Waals surface area (Å²) in [5, 5.41) is 2.89. The van der Waals surface area contributed by atoms with Crippen LogP contribution in [0.4, 0.5) is 5.69 Å². The Bertz CT molecular complexity index is 605. The number of benzene rings is 1. The molecule has 1 aromatic carbocycles. The Hall–Kier alpha value is -1.53. The van der Waals surface area contributed by atoms with Gasteiger partial charge in [-0.2, -0.15) is 0 Å². The quantitative estimate of drug-likeness (QED) is 0.863. The monoisotopic (exact) mass is 320 g/mol. The maximum Gasteiger partial charge on any atom is 0.254 e. The molecule has 0 radical (unpaired) electrons. The molecular weight excluding hydrogens is 300 g/mol. The summed E-state index contributed by atoms with van der Waals surface area (Å²) in [6, 6.07) is 5.62. The lowest BCUT2D eigenvalue weighted by Gasteiger charge is -2.37. The van der Waals surface area contributed by atoms with Crippen molar-refractivity contribution in [3.05, 3.63) is 23.8 Å². The van der Waals surface area contributed by atoms with Crippen LogP contribution < -0.4 is 5.32 Å². The summed E-state index contributed by atoms with van der Waals surface area (Å²) in [7, 11) is 0. The van der Waals surface area contributed by atoms with E-state index in [1.165, 1.54) is 0 Å². The van der Waals surface area contributed by atoms with Gasteiger partial charge in [0.1, 0.15) is 0 Å². The lowest BCUT2D eigenvalue weighted by Crippen LogP contribution is -2.50. The first-order chi connectivity index (χ1) is 10.5. The normalized spacial score (nSPS) is 25.2. The second kappa shape index (κ2) is 6.30. The lowest BCUT2D eigenvalue weighted by molar-refractivity contribution is -0.115. The summed E-state index contributed by atoms with van der Waals surface area (Å²) in [4.78, 5) is 27.3. The maximum absolute atomic E-state index is 12.8. The molecule has 118 valence electrons. The second-order valence-corrected chi connectivity index (χ2v) is 6.94. The molecule has 0 spiro atoms. The second-order valence-electron chi connectivity index (χ2n) is 5.81. The van der Waals surface area contributed by atoms with Gasteiger partial charge in [0.25, 0.3) is 5.91 Å². The Kier molecular flexibility index (Phi) is 4.40. The number of carbonyl (C=O) groups excluding carboxylic acids is 2. The molecule has 2 amide bonds. The van der Waals surface area contributed by atoms with Crippen LogP contribution in [-0.2, 0) is 9.53 Å². The minimum atomic E-state index is -0.00561. The number of nitrogens with one attached hydrogen (secondary N) is 1. The summed E-state index contributed by atoms with van der Waals surface area (Å²) >= 11 is 1.64. The average molecular weight is 320 g/mol. The first-order valence-electron chi connectivity index (χ1n) is 7.54. The average Bonchev–Trinajstić information content (AvgIpc) is 2.68. The van der Waals surface area contributed by atoms with Crippen LogP contribution in [0.2, 0.25) is 0 Å². The Labute approximate surface area is 134 Å². The minimum Gasteiger partial charge on any atom is -0.375 e. The highest BCUT2D eigenvalue weighted by molar-refractivity contribution is 7.99. The zero-order valence-corrected chi connectivity index (χ0v) is 13.6. The molecule has 1 fully saturated rings. The standard InChI is InChI=1S/C16H20N2O3S/c1-10-9-21-11(2)8-18(10)16(20)12-3-4-14-13(7-12)17-15(19)5-6-22-14/h3-4,7,10-11H,5-6,8-9H2,1-2H3,(H,17,19)/t10-,11+/m0/s1. The number of fused-ring (bicyclic) bond motifs is 1. The van der Waals surface area contributed by atoms with Gasteiger partial charge in [0, 0.05) is 29.2 Å². The third-order valence-corrected chi connectivity index (χ3v) is 5.03. The van der Waals surface area contributed by atoms with Crippen molar-refractivity contribution >= 4 is 29.3 Å². The summed E-state index contributed by atoms with van der Waals surface area (Å²) in [5.41, 5.74) is 1.36. The highest BCUT2D eigenvalue weighted by Crippen LogP contribution is 2.32. The molecule has 1 aromatic rings. The number of amides is 2. The Morgan fingerprint density at radius 3 is 3.05 bits per heavy atom. The van der Waals surface area contributed by atoms with E-state index in [1.807, 2.05) is 30.9 Å². The van der Waals surface area contributed by atoms with Crippen LogP contribution in [0.1, 0.15) is 30.6 Å². The number of rotatable bonds is 1. The van der Waals surface area contributed by atoms with Gasteiger partial charge in [-0.1, -0.05) is 0 Å². The molecule has 0 saturated carbocycles. The molecule has 1 saturated heterocycles. The van der Waals surface area contributed by atoms with Crippen molar-refractivity contribution in [1.82, 2.24) is 4.90 Å². The van der Waals surface area contributed by atoms with Crippen LogP contribution in [0.3, 0.4) is 0 Å². The number of anilines is 1. The number of morpholine rings is 1. The number of thioether (sulfide) groups is 1. The van der Waals surface area contributed by atoms with Gasteiger partial charge in [0.2, 0.25) is 5.91 Å². The Morgan fingerprint density at radius 1 is 1.41 bits per heavy atom. The molecule has 0 bridgehead atoms. The topological polar surface area (TPSA) is 58.6 Å². The molecule has 0 aliphatic carbocycles. The number of ether oxygens (including phenoxy) is 1. The number of hydrogen-bond donors (Lipinski definition) is 1. The van der Waals surface area contributed by atoms with Gasteiger partial charge in [0.05, 0.1) is 24.4 Å². The SMILES string of the molecule is C[C@@H]1CN(C(=O)c2ccc3c(c2)NC(=O)CCS3)[C@@H](C)CO1. The fourth-order valence-corrected chi connectivity index (χ4v) is 3.64. The van der Waals surface area contributed by atoms with Crippen LogP contribution in [0.5, 0.6) is 0 Å². The van der Waals surface area contributed by atoms with Crippen LogP contribution in [0.15, 0.2) is 23.1 Å². The third-order valence-electron chi connectivity index (χ3n) is 3.96. The van der Waals surface area contributed by atoms with Crippen LogP contribution in [-0.4, -0.2) is 47.8 Å². The smallest absolute Gasteiger partial charge is 0.254 e. The van der Waals surface area contributed by atoms with Crippen molar-refractivity contribution in [2.75, 3.05) is 24.2 Å². The van der Waals surface area contributed by atoms with Gasteiger partial charge in [-0.25, -0.2) is 0 Å². The fourth-order valence-electron chi connectivity index (χ4n) is 2.70. The van der Waals surface area contributed by atoms with Gasteiger partial charge in [-0.3, -0.25) is 9.59 Å². The van der Waals surface area contributed by atoms with Gasteiger partial charge in [0.15, 0.2) is 0 Å². The first kappa shape index (κ1) is 15.4. The summed E-state index contributed by atoms with van der Waals surface area (Å²) in [5.74, 6) is 0.766. The van der Waals surface area contributed by atoms with Crippen molar-refractivity contribution in [2.24, 2.45) is 0 Å². The predicted molar refractivity (Wildman–Crippen MR) is 86.3 cm³/mol. The largest absolute Gasteiger partial charge is 0.375 e.